The number of nitrogens with one attached hydrogen (secondary N) is 1. The van der Waals surface area contributed by atoms with Gasteiger partial charge in [-0.2, -0.15) is 11.8 Å². The molecule has 0 aliphatic heterocycles. The van der Waals surface area contributed by atoms with E-state index in [0.717, 1.165) is 31.9 Å². The third-order valence-electron chi connectivity index (χ3n) is 2.57. The second-order valence-corrected chi connectivity index (χ2v) is 5.15. The Morgan fingerprint density at radius 1 is 1.41 bits per heavy atom. The summed E-state index contributed by atoms with van der Waals surface area (Å²) in [6.07, 6.45) is 4.11. The fourth-order valence-corrected chi connectivity index (χ4v) is 2.02. The van der Waals surface area contributed by atoms with Gasteiger partial charge in [0.15, 0.2) is 0 Å². The van der Waals surface area contributed by atoms with Crippen molar-refractivity contribution in [3.05, 3.63) is 29.6 Å². The predicted octanol–water partition coefficient (Wildman–Crippen LogP) is 1.99. The quantitative estimate of drug-likeness (QED) is 0.767. The normalized spacial score (nSPS) is 11.1. The highest BCUT2D eigenvalue weighted by Crippen LogP contribution is 2.03. The summed E-state index contributed by atoms with van der Waals surface area (Å²) in [7, 11) is 2.14. The van der Waals surface area contributed by atoms with E-state index in [1.807, 2.05) is 18.0 Å². The molecule has 1 aromatic rings. The van der Waals surface area contributed by atoms with Crippen molar-refractivity contribution in [1.82, 2.24) is 15.2 Å². The van der Waals surface area contributed by atoms with Crippen molar-refractivity contribution in [2.24, 2.45) is 0 Å². The summed E-state index contributed by atoms with van der Waals surface area (Å²) in [5.41, 5.74) is 2.40. The summed E-state index contributed by atoms with van der Waals surface area (Å²) in [5, 5.41) is 3.30. The Hall–Kier alpha value is -0.580. The average molecular weight is 253 g/mol. The van der Waals surface area contributed by atoms with Crippen LogP contribution in [-0.2, 0) is 13.1 Å². The lowest BCUT2D eigenvalue weighted by Gasteiger charge is -2.15. The first-order valence-corrected chi connectivity index (χ1v) is 7.47. The van der Waals surface area contributed by atoms with E-state index in [4.69, 9.17) is 0 Å². The molecule has 3 nitrogen and oxygen atoms in total. The van der Waals surface area contributed by atoms with Crippen molar-refractivity contribution < 1.29 is 0 Å². The highest BCUT2D eigenvalue weighted by atomic mass is 32.2. The summed E-state index contributed by atoms with van der Waals surface area (Å²) in [4.78, 5) is 6.80. The molecule has 0 amide bonds. The molecule has 0 saturated carbocycles. The molecule has 4 heteroatoms. The average Bonchev–Trinajstić information content (AvgIpc) is 2.35. The van der Waals surface area contributed by atoms with E-state index in [2.05, 4.69) is 47.6 Å². The molecule has 0 atom stereocenters. The molecule has 1 rings (SSSR count). The largest absolute Gasteiger partial charge is 0.313 e. The second-order valence-electron chi connectivity index (χ2n) is 4.17. The molecule has 0 aliphatic rings. The molecule has 1 N–H and O–H groups in total. The number of rotatable bonds is 8. The molecule has 1 aromatic heterocycles. The Labute approximate surface area is 109 Å². The van der Waals surface area contributed by atoms with Crippen LogP contribution in [0.3, 0.4) is 0 Å². The third kappa shape index (κ3) is 6.05. The molecule has 17 heavy (non-hydrogen) atoms. The number of aromatic nitrogens is 1. The molecule has 0 radical (unpaired) electrons. The van der Waals surface area contributed by atoms with Crippen LogP contribution in [0.5, 0.6) is 0 Å². The lowest BCUT2D eigenvalue weighted by atomic mass is 10.2. The molecule has 0 spiro atoms. The van der Waals surface area contributed by atoms with Crippen LogP contribution in [0.25, 0.3) is 0 Å². The SMILES string of the molecule is CCNCc1ccc(CN(C)CCSC)nc1. The van der Waals surface area contributed by atoms with Crippen molar-refractivity contribution in [3.63, 3.8) is 0 Å². The molecule has 0 aliphatic carbocycles. The van der Waals surface area contributed by atoms with E-state index < -0.39 is 0 Å². The number of thioether (sulfide) groups is 1. The van der Waals surface area contributed by atoms with Gasteiger partial charge in [-0.15, -0.1) is 0 Å². The molecular formula is C13H23N3S. The van der Waals surface area contributed by atoms with E-state index in [0.29, 0.717) is 0 Å². The van der Waals surface area contributed by atoms with Crippen molar-refractivity contribution in [3.8, 4) is 0 Å². The van der Waals surface area contributed by atoms with Gasteiger partial charge < -0.3 is 5.32 Å². The van der Waals surface area contributed by atoms with Gasteiger partial charge in [0.1, 0.15) is 0 Å². The van der Waals surface area contributed by atoms with Gasteiger partial charge in [0.05, 0.1) is 5.69 Å². The fourth-order valence-electron chi connectivity index (χ4n) is 1.53. The molecule has 1 heterocycles. The van der Waals surface area contributed by atoms with E-state index >= 15 is 0 Å². The number of pyridine rings is 1. The van der Waals surface area contributed by atoms with E-state index in [9.17, 15) is 0 Å². The Bertz CT molecular complexity index is 300. The Morgan fingerprint density at radius 2 is 2.24 bits per heavy atom. The van der Waals surface area contributed by atoms with E-state index in [1.165, 1.54) is 11.3 Å². The zero-order valence-corrected chi connectivity index (χ0v) is 11.9. The number of nitrogens with zero attached hydrogens (tertiary/aromatic N) is 2. The minimum absolute atomic E-state index is 0.909. The van der Waals surface area contributed by atoms with Crippen LogP contribution in [0, 0.1) is 0 Å². The van der Waals surface area contributed by atoms with Crippen molar-refractivity contribution in [1.29, 1.82) is 0 Å². The molecule has 0 aromatic carbocycles. The molecule has 0 saturated heterocycles. The summed E-state index contributed by atoms with van der Waals surface area (Å²) in [5.74, 6) is 1.18. The number of hydrogen-bond acceptors (Lipinski definition) is 4. The van der Waals surface area contributed by atoms with Gasteiger partial charge in [-0.25, -0.2) is 0 Å². The summed E-state index contributed by atoms with van der Waals surface area (Å²) < 4.78 is 0. The van der Waals surface area contributed by atoms with Crippen molar-refractivity contribution >= 4 is 11.8 Å². The van der Waals surface area contributed by atoms with Crippen LogP contribution < -0.4 is 5.32 Å². The summed E-state index contributed by atoms with van der Waals surface area (Å²) >= 11 is 1.88. The molecule has 96 valence electrons. The number of hydrogen-bond donors (Lipinski definition) is 1. The first-order chi connectivity index (χ1) is 8.26. The first kappa shape index (κ1) is 14.5. The summed E-state index contributed by atoms with van der Waals surface area (Å²) in [6.45, 7) is 6.07. The van der Waals surface area contributed by atoms with Crippen LogP contribution in [0.2, 0.25) is 0 Å². The molecule has 0 fully saturated rings. The minimum Gasteiger partial charge on any atom is -0.313 e. The maximum Gasteiger partial charge on any atom is 0.0544 e. The van der Waals surface area contributed by atoms with E-state index in [-0.39, 0.29) is 0 Å². The topological polar surface area (TPSA) is 28.2 Å². The van der Waals surface area contributed by atoms with Gasteiger partial charge in [0.2, 0.25) is 0 Å². The molecular weight excluding hydrogens is 230 g/mol. The third-order valence-corrected chi connectivity index (χ3v) is 3.16. The maximum atomic E-state index is 4.49. The van der Waals surface area contributed by atoms with Gasteiger partial charge in [-0.05, 0) is 31.5 Å². The van der Waals surface area contributed by atoms with Crippen LogP contribution in [0.4, 0.5) is 0 Å². The Balaban J connectivity index is 2.39. The maximum absolute atomic E-state index is 4.49. The fraction of sp³-hybridized carbons (Fsp3) is 0.615. The van der Waals surface area contributed by atoms with Crippen molar-refractivity contribution in [2.45, 2.75) is 20.0 Å². The highest BCUT2D eigenvalue weighted by molar-refractivity contribution is 7.98. The molecule has 0 unspecified atom stereocenters. The minimum atomic E-state index is 0.909. The van der Waals surface area contributed by atoms with Crippen LogP contribution in [-0.4, -0.2) is 42.0 Å². The van der Waals surface area contributed by atoms with Gasteiger partial charge in [-0.1, -0.05) is 13.0 Å². The monoisotopic (exact) mass is 253 g/mol. The van der Waals surface area contributed by atoms with Crippen LogP contribution in [0.1, 0.15) is 18.2 Å². The molecule has 0 bridgehead atoms. The zero-order valence-electron chi connectivity index (χ0n) is 11.1. The van der Waals surface area contributed by atoms with Crippen LogP contribution in [0.15, 0.2) is 18.3 Å². The zero-order chi connectivity index (χ0) is 12.5. The highest BCUT2D eigenvalue weighted by Gasteiger charge is 2.01. The van der Waals surface area contributed by atoms with Gasteiger partial charge in [0, 0.05) is 31.6 Å². The van der Waals surface area contributed by atoms with Crippen LogP contribution >= 0.6 is 11.8 Å². The first-order valence-electron chi connectivity index (χ1n) is 6.08. The Morgan fingerprint density at radius 3 is 2.82 bits per heavy atom. The Kier molecular flexibility index (Phi) is 7.24. The van der Waals surface area contributed by atoms with Crippen molar-refractivity contribution in [2.75, 3.05) is 32.1 Å². The smallest absolute Gasteiger partial charge is 0.0544 e. The van der Waals surface area contributed by atoms with Gasteiger partial charge in [-0.3, -0.25) is 9.88 Å². The predicted molar refractivity (Wildman–Crippen MR) is 76.3 cm³/mol. The standard InChI is InChI=1S/C13H23N3S/c1-4-14-9-12-5-6-13(15-10-12)11-16(2)7-8-17-3/h5-6,10,14H,4,7-9,11H2,1-3H3. The lowest BCUT2D eigenvalue weighted by molar-refractivity contribution is 0.344. The van der Waals surface area contributed by atoms with Gasteiger partial charge in [0.25, 0.3) is 0 Å². The lowest BCUT2D eigenvalue weighted by Crippen LogP contribution is -2.21. The van der Waals surface area contributed by atoms with Gasteiger partial charge >= 0.3 is 0 Å². The second kappa shape index (κ2) is 8.50. The summed E-state index contributed by atoms with van der Waals surface area (Å²) in [6, 6.07) is 4.29. The van der Waals surface area contributed by atoms with E-state index in [1.54, 1.807) is 0 Å².